The van der Waals surface area contributed by atoms with Crippen molar-refractivity contribution in [3.8, 4) is 12.0 Å². The van der Waals surface area contributed by atoms with Crippen LogP contribution in [0.3, 0.4) is 0 Å². The van der Waals surface area contributed by atoms with Crippen molar-refractivity contribution in [3.05, 3.63) is 29.3 Å². The molecule has 1 aromatic rings. The highest BCUT2D eigenvalue weighted by atomic mass is 16.2. The molecule has 0 atom stereocenters. The molecule has 0 aliphatic carbocycles. The van der Waals surface area contributed by atoms with Gasteiger partial charge < -0.3 is 10.6 Å². The van der Waals surface area contributed by atoms with Crippen LogP contribution in [-0.4, -0.2) is 19.0 Å². The Morgan fingerprint density at radius 3 is 2.61 bits per heavy atom. The number of rotatable bonds is 2. The average Bonchev–Trinajstić information content (AvgIpc) is 2.37. The molecular weight excluding hydrogens is 230 g/mol. The summed E-state index contributed by atoms with van der Waals surface area (Å²) >= 11 is 0. The Kier molecular flexibility index (Phi) is 4.76. The molecule has 0 unspecified atom stereocenters. The van der Waals surface area contributed by atoms with Crippen LogP contribution in [0.15, 0.2) is 18.2 Å². The maximum absolute atomic E-state index is 11.9. The molecule has 18 heavy (non-hydrogen) atoms. The number of nitrogens with one attached hydrogen (secondary N) is 3. The maximum Gasteiger partial charge on any atom is 0.318 e. The van der Waals surface area contributed by atoms with Crippen molar-refractivity contribution in [2.75, 3.05) is 12.4 Å². The minimum atomic E-state index is -0.380. The Labute approximate surface area is 106 Å². The highest BCUT2D eigenvalue weighted by Crippen LogP contribution is 2.17. The second-order valence-corrected chi connectivity index (χ2v) is 3.58. The van der Waals surface area contributed by atoms with E-state index in [2.05, 4.69) is 27.9 Å². The summed E-state index contributed by atoms with van der Waals surface area (Å²) in [6, 6.07) is 7.29. The quantitative estimate of drug-likeness (QED) is 0.545. The van der Waals surface area contributed by atoms with Crippen LogP contribution in [0.5, 0.6) is 0 Å². The minimum absolute atomic E-state index is 0.348. The summed E-state index contributed by atoms with van der Waals surface area (Å²) in [5.41, 5.74) is 1.74. The molecule has 5 nitrogen and oxygen atoms in total. The van der Waals surface area contributed by atoms with Gasteiger partial charge in [-0.05, 0) is 26.0 Å². The van der Waals surface area contributed by atoms with Crippen molar-refractivity contribution in [2.24, 2.45) is 0 Å². The van der Waals surface area contributed by atoms with Gasteiger partial charge in [-0.3, -0.25) is 10.1 Å². The van der Waals surface area contributed by atoms with Crippen molar-refractivity contribution < 1.29 is 9.59 Å². The molecule has 94 valence electrons. The van der Waals surface area contributed by atoms with E-state index in [9.17, 15) is 9.59 Å². The van der Waals surface area contributed by atoms with E-state index in [1.807, 2.05) is 13.0 Å². The van der Waals surface area contributed by atoms with E-state index in [0.717, 1.165) is 5.56 Å². The normalized spacial score (nSPS) is 8.83. The number of hydrogen-bond acceptors (Lipinski definition) is 2. The van der Waals surface area contributed by atoms with Gasteiger partial charge in [0.25, 0.3) is 5.91 Å². The molecule has 0 heterocycles. The fraction of sp³-hybridized carbons (Fsp3) is 0.231. The highest BCUT2D eigenvalue weighted by Gasteiger charge is 2.12. The van der Waals surface area contributed by atoms with Crippen LogP contribution in [0, 0.1) is 18.9 Å². The minimum Gasteiger partial charge on any atom is -0.341 e. The Hall–Kier alpha value is -2.48. The third kappa shape index (κ3) is 3.52. The first kappa shape index (κ1) is 13.6. The number of carbonyl (C=O) groups is 2. The molecular formula is C13H15N3O2. The lowest BCUT2D eigenvalue weighted by atomic mass is 10.1. The van der Waals surface area contributed by atoms with Gasteiger partial charge in [0.1, 0.15) is 0 Å². The van der Waals surface area contributed by atoms with Crippen LogP contribution in [0.25, 0.3) is 0 Å². The molecule has 0 fully saturated rings. The molecule has 1 rings (SSSR count). The van der Waals surface area contributed by atoms with Crippen molar-refractivity contribution >= 4 is 17.6 Å². The molecule has 0 saturated carbocycles. The third-order valence-corrected chi connectivity index (χ3v) is 2.20. The molecule has 3 N–H and O–H groups in total. The molecule has 0 radical (unpaired) electrons. The Balaban J connectivity index is 3.05. The fourth-order valence-electron chi connectivity index (χ4n) is 1.33. The van der Waals surface area contributed by atoms with Gasteiger partial charge in [-0.1, -0.05) is 17.6 Å². The highest BCUT2D eigenvalue weighted by molar-refractivity contribution is 6.04. The number of amides is 3. The van der Waals surface area contributed by atoms with Crippen LogP contribution in [0.2, 0.25) is 0 Å². The summed E-state index contributed by atoms with van der Waals surface area (Å²) in [6.07, 6.45) is 0. The Bertz CT molecular complexity index is 527. The van der Waals surface area contributed by atoms with Crippen LogP contribution in [0.4, 0.5) is 10.5 Å². The summed E-state index contributed by atoms with van der Waals surface area (Å²) in [7, 11) is 1.51. The van der Waals surface area contributed by atoms with E-state index in [1.165, 1.54) is 7.05 Å². The topological polar surface area (TPSA) is 70.2 Å². The van der Waals surface area contributed by atoms with E-state index >= 15 is 0 Å². The van der Waals surface area contributed by atoms with Gasteiger partial charge in [0.15, 0.2) is 0 Å². The zero-order valence-electron chi connectivity index (χ0n) is 10.5. The van der Waals surface area contributed by atoms with Crippen LogP contribution in [0.1, 0.15) is 22.8 Å². The zero-order valence-corrected chi connectivity index (χ0v) is 10.5. The van der Waals surface area contributed by atoms with E-state index in [-0.39, 0.29) is 11.9 Å². The van der Waals surface area contributed by atoms with Crippen LogP contribution >= 0.6 is 0 Å². The van der Waals surface area contributed by atoms with Gasteiger partial charge in [0.2, 0.25) is 0 Å². The van der Waals surface area contributed by atoms with Gasteiger partial charge in [-0.2, -0.15) is 0 Å². The average molecular weight is 245 g/mol. The zero-order chi connectivity index (χ0) is 13.5. The lowest BCUT2D eigenvalue weighted by molar-refractivity contribution is 0.0974. The number of aryl methyl sites for hydroxylation is 1. The van der Waals surface area contributed by atoms with Gasteiger partial charge in [0.05, 0.1) is 11.3 Å². The Morgan fingerprint density at radius 1 is 1.28 bits per heavy atom. The number of hydrogen-bond donors (Lipinski definition) is 3. The largest absolute Gasteiger partial charge is 0.341 e. The number of carbonyl (C=O) groups excluding carboxylic acids is 2. The van der Waals surface area contributed by atoms with Crippen molar-refractivity contribution in [1.82, 2.24) is 10.6 Å². The lowest BCUT2D eigenvalue weighted by Crippen LogP contribution is -2.27. The molecule has 0 aliphatic heterocycles. The first-order valence-corrected chi connectivity index (χ1v) is 5.40. The van der Waals surface area contributed by atoms with Crippen molar-refractivity contribution in [1.29, 1.82) is 0 Å². The molecule has 1 aromatic carbocycles. The van der Waals surface area contributed by atoms with E-state index in [1.54, 1.807) is 19.1 Å². The SMILES string of the molecule is CC#CNC(=O)c1cc(C)ccc1NC(=O)NC. The molecule has 5 heteroatoms. The van der Waals surface area contributed by atoms with Gasteiger partial charge in [-0.25, -0.2) is 4.79 Å². The first-order valence-electron chi connectivity index (χ1n) is 5.40. The standard InChI is InChI=1S/C13H15N3O2/c1-4-7-15-12(17)10-8-9(2)5-6-11(10)16-13(18)14-3/h5-6,8H,1-3H3,(H,15,17)(H2,14,16,18). The van der Waals surface area contributed by atoms with E-state index < -0.39 is 0 Å². The molecule has 0 spiro atoms. The van der Waals surface area contributed by atoms with Gasteiger partial charge in [-0.15, -0.1) is 0 Å². The summed E-state index contributed by atoms with van der Waals surface area (Å²) < 4.78 is 0. The number of anilines is 1. The summed E-state index contributed by atoms with van der Waals surface area (Å²) in [5, 5.41) is 7.45. The smallest absolute Gasteiger partial charge is 0.318 e. The van der Waals surface area contributed by atoms with E-state index in [0.29, 0.717) is 11.3 Å². The van der Waals surface area contributed by atoms with E-state index in [4.69, 9.17) is 0 Å². The summed E-state index contributed by atoms with van der Waals surface area (Å²) in [4.78, 5) is 23.1. The first-order chi connectivity index (χ1) is 8.58. The lowest BCUT2D eigenvalue weighted by Gasteiger charge is -2.10. The Morgan fingerprint density at radius 2 is 2.00 bits per heavy atom. The molecule has 3 amide bonds. The predicted octanol–water partition coefficient (Wildman–Crippen LogP) is 1.46. The van der Waals surface area contributed by atoms with Crippen LogP contribution < -0.4 is 16.0 Å². The second kappa shape index (κ2) is 6.30. The third-order valence-electron chi connectivity index (χ3n) is 2.20. The number of benzene rings is 1. The van der Waals surface area contributed by atoms with Crippen LogP contribution in [-0.2, 0) is 0 Å². The molecule has 0 saturated heterocycles. The second-order valence-electron chi connectivity index (χ2n) is 3.58. The summed E-state index contributed by atoms with van der Waals surface area (Å²) in [5.74, 6) is 2.23. The predicted molar refractivity (Wildman–Crippen MR) is 70.2 cm³/mol. The molecule has 0 aliphatic rings. The van der Waals surface area contributed by atoms with Crippen molar-refractivity contribution in [2.45, 2.75) is 13.8 Å². The van der Waals surface area contributed by atoms with Gasteiger partial charge in [0, 0.05) is 13.1 Å². The molecule has 0 bridgehead atoms. The fourth-order valence-corrected chi connectivity index (χ4v) is 1.33. The monoisotopic (exact) mass is 245 g/mol. The van der Waals surface area contributed by atoms with Crippen molar-refractivity contribution in [3.63, 3.8) is 0 Å². The molecule has 0 aromatic heterocycles. The maximum atomic E-state index is 11.9. The summed E-state index contributed by atoms with van der Waals surface area (Å²) in [6.45, 7) is 3.49. The number of urea groups is 1. The van der Waals surface area contributed by atoms with Gasteiger partial charge >= 0.3 is 6.03 Å².